The lowest BCUT2D eigenvalue weighted by molar-refractivity contribution is 0.122. The zero-order valence-corrected chi connectivity index (χ0v) is 18.1. The fourth-order valence-electron chi connectivity index (χ4n) is 3.82. The van der Waals surface area contributed by atoms with Crippen LogP contribution in [-0.4, -0.2) is 67.4 Å². The lowest BCUT2D eigenvalue weighted by Gasteiger charge is -2.39. The number of hydrogen-bond donors (Lipinski definition) is 0. The Morgan fingerprint density at radius 2 is 1.93 bits per heavy atom. The summed E-state index contributed by atoms with van der Waals surface area (Å²) < 4.78 is 6.50. The standard InChI is InChI=1S/C20H27BrN6O/c1-15-17(21)5-6-19(23-15)27-9-3-4-16(14-27)25(2)18-7-8-22-20(24-18)26-10-12-28-13-11-26/h5-8,16H,3-4,9-14H2,1-2H3. The number of ether oxygens (including phenoxy) is 1. The minimum Gasteiger partial charge on any atom is -0.378 e. The SMILES string of the molecule is Cc1nc(N2CCCC(N(C)c3ccnc(N4CCOCC4)n3)C2)ccc1Br. The number of likely N-dealkylation sites (N-methyl/N-ethyl adjacent to an activating group) is 1. The maximum absolute atomic E-state index is 5.44. The number of anilines is 3. The highest BCUT2D eigenvalue weighted by Gasteiger charge is 2.26. The molecule has 1 unspecified atom stereocenters. The summed E-state index contributed by atoms with van der Waals surface area (Å²) >= 11 is 3.54. The zero-order valence-electron chi connectivity index (χ0n) is 16.5. The molecule has 0 N–H and O–H groups in total. The molecule has 4 heterocycles. The van der Waals surface area contributed by atoms with E-state index in [9.17, 15) is 0 Å². The molecule has 0 saturated carbocycles. The largest absolute Gasteiger partial charge is 0.378 e. The average Bonchev–Trinajstić information content (AvgIpc) is 2.76. The Balaban J connectivity index is 1.48. The fraction of sp³-hybridized carbons (Fsp3) is 0.550. The molecule has 1 atom stereocenters. The number of hydrogen-bond acceptors (Lipinski definition) is 7. The summed E-state index contributed by atoms with van der Waals surface area (Å²) in [6.07, 6.45) is 4.16. The number of halogens is 1. The second-order valence-electron chi connectivity index (χ2n) is 7.40. The van der Waals surface area contributed by atoms with Crippen molar-refractivity contribution in [3.05, 3.63) is 34.6 Å². The van der Waals surface area contributed by atoms with Crippen LogP contribution in [0.2, 0.25) is 0 Å². The molecule has 0 bridgehead atoms. The van der Waals surface area contributed by atoms with Gasteiger partial charge in [-0.15, -0.1) is 0 Å². The van der Waals surface area contributed by atoms with Crippen molar-refractivity contribution in [2.45, 2.75) is 25.8 Å². The van der Waals surface area contributed by atoms with Crippen LogP contribution in [-0.2, 0) is 4.74 Å². The van der Waals surface area contributed by atoms with Crippen LogP contribution in [0.25, 0.3) is 0 Å². The molecule has 7 nitrogen and oxygen atoms in total. The fourth-order valence-corrected chi connectivity index (χ4v) is 4.05. The van der Waals surface area contributed by atoms with Crippen molar-refractivity contribution < 1.29 is 4.74 Å². The molecule has 8 heteroatoms. The van der Waals surface area contributed by atoms with E-state index in [1.807, 2.05) is 19.2 Å². The minimum absolute atomic E-state index is 0.395. The third kappa shape index (κ3) is 4.22. The first-order chi connectivity index (χ1) is 13.6. The Labute approximate surface area is 174 Å². The molecule has 150 valence electrons. The normalized spacial score (nSPS) is 20.3. The summed E-state index contributed by atoms with van der Waals surface area (Å²) in [5, 5.41) is 0. The number of rotatable bonds is 4. The van der Waals surface area contributed by atoms with Gasteiger partial charge >= 0.3 is 0 Å². The van der Waals surface area contributed by atoms with Gasteiger partial charge in [-0.2, -0.15) is 4.98 Å². The minimum atomic E-state index is 0.395. The molecule has 0 amide bonds. The first kappa shape index (κ1) is 19.4. The smallest absolute Gasteiger partial charge is 0.227 e. The maximum Gasteiger partial charge on any atom is 0.227 e. The molecule has 0 aromatic carbocycles. The number of piperidine rings is 1. The van der Waals surface area contributed by atoms with Gasteiger partial charge in [0.05, 0.1) is 18.9 Å². The van der Waals surface area contributed by atoms with E-state index in [4.69, 9.17) is 14.7 Å². The predicted molar refractivity (Wildman–Crippen MR) is 115 cm³/mol. The van der Waals surface area contributed by atoms with Crippen molar-refractivity contribution in [3.63, 3.8) is 0 Å². The predicted octanol–water partition coefficient (Wildman–Crippen LogP) is 2.88. The molecule has 0 radical (unpaired) electrons. The van der Waals surface area contributed by atoms with Crippen molar-refractivity contribution in [2.75, 3.05) is 61.1 Å². The third-order valence-electron chi connectivity index (χ3n) is 5.56. The molecular weight excluding hydrogens is 420 g/mol. The maximum atomic E-state index is 5.44. The van der Waals surface area contributed by atoms with Gasteiger partial charge in [-0.05, 0) is 53.9 Å². The third-order valence-corrected chi connectivity index (χ3v) is 6.40. The lowest BCUT2D eigenvalue weighted by Crippen LogP contribution is -2.47. The highest BCUT2D eigenvalue weighted by atomic mass is 79.9. The summed E-state index contributed by atoms with van der Waals surface area (Å²) in [4.78, 5) is 20.9. The van der Waals surface area contributed by atoms with Crippen LogP contribution >= 0.6 is 15.9 Å². The average molecular weight is 447 g/mol. The van der Waals surface area contributed by atoms with Gasteiger partial charge in [0.2, 0.25) is 5.95 Å². The van der Waals surface area contributed by atoms with Crippen LogP contribution in [0.5, 0.6) is 0 Å². The van der Waals surface area contributed by atoms with Gasteiger partial charge in [0.1, 0.15) is 11.6 Å². The second kappa shape index (κ2) is 8.61. The van der Waals surface area contributed by atoms with Crippen molar-refractivity contribution in [2.24, 2.45) is 0 Å². The van der Waals surface area contributed by atoms with Crippen LogP contribution in [0.3, 0.4) is 0 Å². The number of aryl methyl sites for hydroxylation is 1. The van der Waals surface area contributed by atoms with Crippen LogP contribution in [0.1, 0.15) is 18.5 Å². The number of aromatic nitrogens is 3. The molecule has 2 aliphatic rings. The Bertz CT molecular complexity index is 813. The van der Waals surface area contributed by atoms with Crippen LogP contribution in [0, 0.1) is 6.92 Å². The van der Waals surface area contributed by atoms with Crippen molar-refractivity contribution in [3.8, 4) is 0 Å². The van der Waals surface area contributed by atoms with Crippen LogP contribution < -0.4 is 14.7 Å². The zero-order chi connectivity index (χ0) is 19.5. The summed E-state index contributed by atoms with van der Waals surface area (Å²) in [7, 11) is 2.14. The monoisotopic (exact) mass is 446 g/mol. The lowest BCUT2D eigenvalue weighted by atomic mass is 10.0. The highest BCUT2D eigenvalue weighted by Crippen LogP contribution is 2.26. The molecule has 2 aromatic rings. The summed E-state index contributed by atoms with van der Waals surface area (Å²) in [5.41, 5.74) is 1.03. The highest BCUT2D eigenvalue weighted by molar-refractivity contribution is 9.10. The number of nitrogens with zero attached hydrogens (tertiary/aromatic N) is 6. The second-order valence-corrected chi connectivity index (χ2v) is 8.26. The number of morpholine rings is 1. The van der Waals surface area contributed by atoms with Crippen molar-refractivity contribution in [1.82, 2.24) is 15.0 Å². The van der Waals surface area contributed by atoms with Gasteiger partial charge in [0.15, 0.2) is 0 Å². The molecular formula is C20H27BrN6O. The van der Waals surface area contributed by atoms with Crippen LogP contribution in [0.15, 0.2) is 28.9 Å². The summed E-state index contributed by atoms with van der Waals surface area (Å²) in [6, 6.07) is 6.59. The van der Waals surface area contributed by atoms with Gasteiger partial charge < -0.3 is 19.4 Å². The quantitative estimate of drug-likeness (QED) is 0.715. The topological polar surface area (TPSA) is 57.6 Å². The molecule has 2 aromatic heterocycles. The molecule has 4 rings (SSSR count). The van der Waals surface area contributed by atoms with E-state index >= 15 is 0 Å². The summed E-state index contributed by atoms with van der Waals surface area (Å²) in [5.74, 6) is 2.82. The van der Waals surface area contributed by atoms with E-state index in [2.05, 4.69) is 54.8 Å². The van der Waals surface area contributed by atoms with E-state index in [1.165, 1.54) is 0 Å². The first-order valence-electron chi connectivity index (χ1n) is 9.88. The summed E-state index contributed by atoms with van der Waals surface area (Å²) in [6.45, 7) is 7.19. The molecule has 0 aliphatic carbocycles. The van der Waals surface area contributed by atoms with Gasteiger partial charge in [-0.1, -0.05) is 0 Å². The van der Waals surface area contributed by atoms with E-state index in [-0.39, 0.29) is 0 Å². The number of pyridine rings is 1. The van der Waals surface area contributed by atoms with Gasteiger partial charge in [0.25, 0.3) is 0 Å². The molecule has 2 fully saturated rings. The molecule has 0 spiro atoms. The molecule has 2 aliphatic heterocycles. The van der Waals surface area contributed by atoms with E-state index in [1.54, 1.807) is 0 Å². The Morgan fingerprint density at radius 1 is 1.11 bits per heavy atom. The van der Waals surface area contributed by atoms with Gasteiger partial charge in [-0.3, -0.25) is 0 Å². The van der Waals surface area contributed by atoms with Crippen molar-refractivity contribution >= 4 is 33.5 Å². The van der Waals surface area contributed by atoms with Gasteiger partial charge in [-0.25, -0.2) is 9.97 Å². The Morgan fingerprint density at radius 3 is 2.71 bits per heavy atom. The van der Waals surface area contributed by atoms with E-state index in [0.29, 0.717) is 6.04 Å². The first-order valence-corrected chi connectivity index (χ1v) is 10.7. The van der Waals surface area contributed by atoms with Crippen LogP contribution in [0.4, 0.5) is 17.6 Å². The van der Waals surface area contributed by atoms with E-state index in [0.717, 1.165) is 80.0 Å². The van der Waals surface area contributed by atoms with Gasteiger partial charge in [0, 0.05) is 49.9 Å². The molecule has 28 heavy (non-hydrogen) atoms. The molecule has 2 saturated heterocycles. The Hall–Kier alpha value is -1.93. The van der Waals surface area contributed by atoms with Crippen molar-refractivity contribution in [1.29, 1.82) is 0 Å². The Kier molecular flexibility index (Phi) is 5.96. The van der Waals surface area contributed by atoms with E-state index < -0.39 is 0 Å².